The zero-order chi connectivity index (χ0) is 24.1. The highest BCUT2D eigenvalue weighted by Gasteiger charge is 2.21. The third kappa shape index (κ3) is 4.79. The molecule has 0 spiro atoms. The van der Waals surface area contributed by atoms with Crippen LogP contribution in [0.3, 0.4) is 0 Å². The van der Waals surface area contributed by atoms with E-state index in [9.17, 15) is 14.0 Å². The monoisotopic (exact) mass is 463 g/mol. The number of para-hydroxylation sites is 1. The van der Waals surface area contributed by atoms with Crippen molar-refractivity contribution in [2.75, 3.05) is 36.6 Å². The molecule has 2 aromatic carbocycles. The Morgan fingerprint density at radius 2 is 1.88 bits per heavy atom. The Balaban J connectivity index is 1.60. The maximum atomic E-state index is 13.8. The van der Waals surface area contributed by atoms with E-state index in [0.717, 1.165) is 0 Å². The minimum Gasteiger partial charge on any atom is -0.383 e. The number of methoxy groups -OCH3 is 1. The number of fused-ring (bicyclic) bond motifs is 1. The van der Waals surface area contributed by atoms with E-state index in [4.69, 9.17) is 10.5 Å². The molecule has 5 N–H and O–H groups in total. The van der Waals surface area contributed by atoms with Crippen LogP contribution in [0.25, 0.3) is 16.6 Å². The number of rotatable bonds is 7. The first-order chi connectivity index (χ1) is 16.5. The number of aromatic nitrogens is 3. The van der Waals surface area contributed by atoms with E-state index >= 15 is 0 Å². The van der Waals surface area contributed by atoms with Gasteiger partial charge in [-0.25, -0.2) is 18.7 Å². The Morgan fingerprint density at radius 3 is 2.62 bits per heavy atom. The molecule has 2 aromatic heterocycles. The van der Waals surface area contributed by atoms with E-state index in [0.29, 0.717) is 41.0 Å². The first-order valence-electron chi connectivity index (χ1n) is 10.3. The second-order valence-corrected chi connectivity index (χ2v) is 7.24. The Kier molecular flexibility index (Phi) is 6.64. The van der Waals surface area contributed by atoms with Gasteiger partial charge in [-0.2, -0.15) is 5.10 Å². The lowest BCUT2D eigenvalue weighted by molar-refractivity contribution is 0.0937. The molecule has 0 atom stereocenters. The first kappa shape index (κ1) is 22.7. The molecule has 4 rings (SSSR count). The fraction of sp³-hybridized carbons (Fsp3) is 0.130. The number of carbonyl (C=O) groups excluding carboxylic acids is 2. The summed E-state index contributed by atoms with van der Waals surface area (Å²) in [6.45, 7) is 0.702. The van der Waals surface area contributed by atoms with Crippen molar-refractivity contribution in [2.45, 2.75) is 0 Å². The van der Waals surface area contributed by atoms with Gasteiger partial charge in [0.05, 0.1) is 17.9 Å². The number of halogens is 1. The van der Waals surface area contributed by atoms with Gasteiger partial charge in [-0.1, -0.05) is 24.3 Å². The number of hydrogen-bond acceptors (Lipinski definition) is 6. The molecule has 0 saturated heterocycles. The fourth-order valence-corrected chi connectivity index (χ4v) is 3.43. The molecule has 2 heterocycles. The molecule has 0 aliphatic heterocycles. The zero-order valence-electron chi connectivity index (χ0n) is 18.2. The Labute approximate surface area is 193 Å². The molecule has 0 fully saturated rings. The smallest absolute Gasteiger partial charge is 0.323 e. The van der Waals surface area contributed by atoms with E-state index < -0.39 is 11.8 Å². The third-order valence-electron chi connectivity index (χ3n) is 4.99. The van der Waals surface area contributed by atoms with Gasteiger partial charge in [0.25, 0.3) is 5.91 Å². The molecule has 3 amide bonds. The molecule has 4 aromatic rings. The quantitative estimate of drug-likeness (QED) is 0.311. The molecule has 0 aliphatic rings. The third-order valence-corrected chi connectivity index (χ3v) is 4.99. The minimum atomic E-state index is -0.594. The van der Waals surface area contributed by atoms with Gasteiger partial charge in [0.15, 0.2) is 5.82 Å². The summed E-state index contributed by atoms with van der Waals surface area (Å²) in [5, 5.41) is 12.1. The summed E-state index contributed by atoms with van der Waals surface area (Å²) in [6, 6.07) is 12.0. The Morgan fingerprint density at radius 1 is 1.12 bits per heavy atom. The number of benzene rings is 2. The van der Waals surface area contributed by atoms with Crippen LogP contribution in [0.2, 0.25) is 0 Å². The van der Waals surface area contributed by atoms with Crippen LogP contribution in [0.1, 0.15) is 10.4 Å². The van der Waals surface area contributed by atoms with Crippen LogP contribution in [0.15, 0.2) is 61.1 Å². The minimum absolute atomic E-state index is 0.0662. The van der Waals surface area contributed by atoms with Crippen LogP contribution in [0.4, 0.5) is 26.4 Å². The normalized spacial score (nSPS) is 10.8. The number of carbonyl (C=O) groups is 2. The Bertz CT molecular complexity index is 1340. The number of urea groups is 1. The molecule has 174 valence electrons. The predicted octanol–water partition coefficient (Wildman–Crippen LogP) is 3.14. The number of hydrogen-bond donors (Lipinski definition) is 4. The van der Waals surface area contributed by atoms with Crippen molar-refractivity contribution in [3.05, 3.63) is 72.4 Å². The van der Waals surface area contributed by atoms with Gasteiger partial charge in [-0.3, -0.25) is 4.79 Å². The van der Waals surface area contributed by atoms with Crippen LogP contribution in [-0.4, -0.2) is 46.8 Å². The van der Waals surface area contributed by atoms with Crippen molar-refractivity contribution in [1.82, 2.24) is 19.9 Å². The number of anilines is 3. The number of nitrogens with two attached hydrogens (primary N) is 1. The first-order valence-corrected chi connectivity index (χ1v) is 10.3. The summed E-state index contributed by atoms with van der Waals surface area (Å²) in [5.74, 6) is -0.638. The molecule has 0 bridgehead atoms. The molecular formula is C23H22FN7O3. The van der Waals surface area contributed by atoms with E-state index in [1.807, 2.05) is 0 Å². The van der Waals surface area contributed by atoms with Gasteiger partial charge < -0.3 is 26.4 Å². The van der Waals surface area contributed by atoms with Crippen molar-refractivity contribution in [3.8, 4) is 11.1 Å². The molecular weight excluding hydrogens is 441 g/mol. The number of nitrogen functional groups attached to an aromatic ring is 1. The predicted molar refractivity (Wildman–Crippen MR) is 126 cm³/mol. The number of nitrogens with zero attached hydrogens (tertiary/aromatic N) is 3. The van der Waals surface area contributed by atoms with Crippen LogP contribution in [0, 0.1) is 5.82 Å². The lowest BCUT2D eigenvalue weighted by atomic mass is 10.0. The van der Waals surface area contributed by atoms with Gasteiger partial charge in [0.2, 0.25) is 0 Å². The largest absolute Gasteiger partial charge is 0.383 e. The van der Waals surface area contributed by atoms with Crippen molar-refractivity contribution >= 4 is 34.6 Å². The van der Waals surface area contributed by atoms with Crippen molar-refractivity contribution < 1.29 is 18.7 Å². The van der Waals surface area contributed by atoms with E-state index in [-0.39, 0.29) is 17.4 Å². The molecule has 0 aliphatic carbocycles. The van der Waals surface area contributed by atoms with Gasteiger partial charge in [0, 0.05) is 31.1 Å². The molecule has 34 heavy (non-hydrogen) atoms. The second-order valence-electron chi connectivity index (χ2n) is 7.24. The second kappa shape index (κ2) is 9.96. The summed E-state index contributed by atoms with van der Waals surface area (Å²) in [4.78, 5) is 29.1. The lowest BCUT2D eigenvalue weighted by Gasteiger charge is -2.10. The molecule has 11 heteroatoms. The van der Waals surface area contributed by atoms with Crippen LogP contribution in [0.5, 0.6) is 0 Å². The van der Waals surface area contributed by atoms with Crippen molar-refractivity contribution in [3.63, 3.8) is 0 Å². The summed E-state index contributed by atoms with van der Waals surface area (Å²) < 4.78 is 20.2. The van der Waals surface area contributed by atoms with Gasteiger partial charge in [0.1, 0.15) is 17.7 Å². The fourth-order valence-electron chi connectivity index (χ4n) is 3.43. The highest BCUT2D eigenvalue weighted by Crippen LogP contribution is 2.33. The zero-order valence-corrected chi connectivity index (χ0v) is 18.2. The number of nitrogens with one attached hydrogen (secondary N) is 3. The molecule has 0 radical (unpaired) electrons. The summed E-state index contributed by atoms with van der Waals surface area (Å²) in [5.41, 5.74) is 8.69. The summed E-state index contributed by atoms with van der Waals surface area (Å²) in [7, 11) is 1.55. The highest BCUT2D eigenvalue weighted by atomic mass is 19.1. The van der Waals surface area contributed by atoms with Gasteiger partial charge in [-0.15, -0.1) is 0 Å². The van der Waals surface area contributed by atoms with E-state index in [2.05, 4.69) is 26.0 Å². The maximum Gasteiger partial charge on any atom is 0.323 e. The SMILES string of the molecule is COCCNC(=O)c1cn2ncnc(N)c2c1-c1ccc(NC(=O)Nc2ccccc2F)cc1. The van der Waals surface area contributed by atoms with Crippen LogP contribution in [-0.2, 0) is 4.74 Å². The van der Waals surface area contributed by atoms with E-state index in [1.54, 1.807) is 43.6 Å². The maximum absolute atomic E-state index is 13.8. The van der Waals surface area contributed by atoms with Crippen molar-refractivity contribution in [2.24, 2.45) is 0 Å². The topological polar surface area (TPSA) is 136 Å². The average Bonchev–Trinajstić information content (AvgIpc) is 3.22. The molecule has 0 unspecified atom stereocenters. The average molecular weight is 463 g/mol. The lowest BCUT2D eigenvalue weighted by Crippen LogP contribution is -2.27. The van der Waals surface area contributed by atoms with Crippen LogP contribution < -0.4 is 21.7 Å². The van der Waals surface area contributed by atoms with E-state index in [1.165, 1.54) is 29.0 Å². The summed E-state index contributed by atoms with van der Waals surface area (Å²) in [6.07, 6.45) is 2.89. The summed E-state index contributed by atoms with van der Waals surface area (Å²) >= 11 is 0. The number of amides is 3. The standard InChI is InChI=1S/C23H22FN7O3/c1-34-11-10-26-22(32)16-12-31-20(21(25)27-13-28-31)19(16)14-6-8-15(9-7-14)29-23(33)30-18-5-3-2-4-17(18)24/h2-9,12-13H,10-11H2,1H3,(H,26,32)(H2,25,27,28)(H2,29,30,33). The molecule has 10 nitrogen and oxygen atoms in total. The van der Waals surface area contributed by atoms with Gasteiger partial charge in [-0.05, 0) is 29.8 Å². The van der Waals surface area contributed by atoms with Crippen molar-refractivity contribution in [1.29, 1.82) is 0 Å². The Hall–Kier alpha value is -4.51. The highest BCUT2D eigenvalue weighted by molar-refractivity contribution is 6.07. The van der Waals surface area contributed by atoms with Crippen LogP contribution >= 0.6 is 0 Å². The molecule has 0 saturated carbocycles. The number of ether oxygens (including phenoxy) is 1. The van der Waals surface area contributed by atoms with Gasteiger partial charge >= 0.3 is 6.03 Å².